The lowest BCUT2D eigenvalue weighted by Crippen LogP contribution is -2.49. The fraction of sp³-hybridized carbons (Fsp3) is 0.656. The van der Waals surface area contributed by atoms with E-state index in [4.69, 9.17) is 45.0 Å². The maximum absolute atomic E-state index is 14.2. The predicted molar refractivity (Wildman–Crippen MR) is 226 cm³/mol. The fourth-order valence-electron chi connectivity index (χ4n) is 6.21. The van der Waals surface area contributed by atoms with Gasteiger partial charge in [-0.2, -0.15) is 4.98 Å². The first kappa shape index (κ1) is 50.9. The number of aliphatic hydroxyl groups excluding tert-OH is 1. The van der Waals surface area contributed by atoms with Crippen molar-refractivity contribution in [2.45, 2.75) is 113 Å². The molecule has 3 aromatic heterocycles. The van der Waals surface area contributed by atoms with Crippen LogP contribution in [0.2, 0.25) is 0 Å². The van der Waals surface area contributed by atoms with Crippen molar-refractivity contribution >= 4 is 72.1 Å². The third kappa shape index (κ3) is 14.2. The van der Waals surface area contributed by atoms with E-state index in [0.29, 0.717) is 0 Å². The van der Waals surface area contributed by atoms with Crippen LogP contribution in [-0.2, 0) is 46.4 Å². The Morgan fingerprint density at radius 1 is 1.09 bits per heavy atom. The summed E-state index contributed by atoms with van der Waals surface area (Å²) in [4.78, 5) is 88.1. The molecule has 0 bridgehead atoms. The molecule has 9 N–H and O–H groups in total. The highest BCUT2D eigenvalue weighted by molar-refractivity contribution is 8.77. The van der Waals surface area contributed by atoms with Gasteiger partial charge >= 0.3 is 33.4 Å². The van der Waals surface area contributed by atoms with Gasteiger partial charge < -0.3 is 55.5 Å². The number of nitrogens with two attached hydrogens (primary N) is 2. The Kier molecular flexibility index (Phi) is 17.1. The lowest BCUT2D eigenvalue weighted by molar-refractivity contribution is -0.159. The lowest BCUT2D eigenvalue weighted by atomic mass is 10.1. The van der Waals surface area contributed by atoms with Gasteiger partial charge in [0.1, 0.15) is 59.9 Å². The molecule has 10 atom stereocenters. The van der Waals surface area contributed by atoms with Crippen LogP contribution in [0.15, 0.2) is 34.8 Å². The number of fused-ring (bicyclic) bond motifs is 1. The van der Waals surface area contributed by atoms with E-state index in [1.165, 1.54) is 44.7 Å². The van der Waals surface area contributed by atoms with Crippen LogP contribution in [0.25, 0.3) is 21.6 Å². The number of nitrogens with zero attached hydrogens (tertiary/aromatic N) is 9. The number of amides is 1. The Balaban J connectivity index is 1.42. The number of aromatic nitrogens is 6. The van der Waals surface area contributed by atoms with Gasteiger partial charge in [0.05, 0.1) is 19.5 Å². The summed E-state index contributed by atoms with van der Waals surface area (Å²) < 4.78 is 65.7. The standard InChI is InChI=1S/C32H48N12O16P2S2/c1-15(2)63-64-16(10-39-42-35)8-17(40-31(48)59-32(3,4)5)29(46)58-25-20(57-28(24(25)45)44-14-38-23-26(34)36-13-37-27(23)44)12-55-62(52,53)60-18-9-22(43-7-6-21(33)41-30(43)47)56-19(18)11-54-61(49,50)51/h6-7,13-20,22,24-25,28,45H,8-12H2,1-5H3,(H,40,48)(H,52,53)(H2,33,41,47)(H2,34,36,37)(H2,49,50,51)/t16?,17?,18-,19+,20+,22?,24+,25+,28+/m0/s1. The first-order valence-corrected chi connectivity index (χ1v) is 24.4. The molecule has 5 rings (SSSR count). The molecule has 2 fully saturated rings. The number of alkyl carbamates (subject to hydrolysis) is 1. The van der Waals surface area contributed by atoms with Gasteiger partial charge in [0, 0.05) is 34.6 Å². The highest BCUT2D eigenvalue weighted by Gasteiger charge is 2.50. The normalized spacial score (nSPS) is 24.5. The van der Waals surface area contributed by atoms with E-state index in [1.807, 2.05) is 13.8 Å². The van der Waals surface area contributed by atoms with Gasteiger partial charge in [-0.25, -0.2) is 38.5 Å². The number of phosphoric acid groups is 2. The number of nitrogens with one attached hydrogen (secondary N) is 1. The van der Waals surface area contributed by atoms with Crippen LogP contribution in [0.4, 0.5) is 16.4 Å². The van der Waals surface area contributed by atoms with Crippen LogP contribution in [0.5, 0.6) is 0 Å². The van der Waals surface area contributed by atoms with Crippen LogP contribution in [0.3, 0.4) is 0 Å². The number of carbonyl (C=O) groups excluding carboxylic acids is 2. The molecular weight excluding hydrogens is 935 g/mol. The third-order valence-electron chi connectivity index (χ3n) is 8.85. The van der Waals surface area contributed by atoms with Gasteiger partial charge in [0.2, 0.25) is 0 Å². The Bertz CT molecular complexity index is 2330. The van der Waals surface area contributed by atoms with E-state index in [2.05, 4.69) is 39.8 Å². The van der Waals surface area contributed by atoms with Crippen molar-refractivity contribution in [2.24, 2.45) is 5.11 Å². The highest BCUT2D eigenvalue weighted by atomic mass is 33.1. The number of anilines is 2. The minimum Gasteiger partial charge on any atom is -0.455 e. The molecule has 0 aromatic carbocycles. The fourth-order valence-corrected chi connectivity index (χ4v) is 9.84. The summed E-state index contributed by atoms with van der Waals surface area (Å²) >= 11 is 0. The van der Waals surface area contributed by atoms with Crippen molar-refractivity contribution in [3.63, 3.8) is 0 Å². The van der Waals surface area contributed by atoms with E-state index in [1.54, 1.807) is 20.8 Å². The zero-order valence-electron chi connectivity index (χ0n) is 34.7. The molecule has 354 valence electrons. The molecule has 32 heteroatoms. The molecule has 0 aliphatic carbocycles. The number of aliphatic hydroxyl groups is 1. The predicted octanol–water partition coefficient (Wildman–Crippen LogP) is 2.07. The van der Waals surface area contributed by atoms with Crippen LogP contribution in [0, 0.1) is 0 Å². The van der Waals surface area contributed by atoms with E-state index in [-0.39, 0.29) is 47.4 Å². The number of phosphoric ester groups is 2. The van der Waals surface area contributed by atoms with E-state index < -0.39 is 106 Å². The van der Waals surface area contributed by atoms with E-state index >= 15 is 0 Å². The van der Waals surface area contributed by atoms with Gasteiger partial charge in [0.25, 0.3) is 0 Å². The molecule has 4 unspecified atom stereocenters. The quantitative estimate of drug-likeness (QED) is 0.0213. The van der Waals surface area contributed by atoms with Gasteiger partial charge in [-0.3, -0.25) is 22.7 Å². The van der Waals surface area contributed by atoms with Crippen LogP contribution < -0.4 is 22.5 Å². The molecule has 1 amide bonds. The van der Waals surface area contributed by atoms with Crippen LogP contribution >= 0.6 is 37.2 Å². The summed E-state index contributed by atoms with van der Waals surface area (Å²) in [6, 6.07) is -0.217. The zero-order valence-corrected chi connectivity index (χ0v) is 38.1. The molecule has 0 radical (unpaired) electrons. The smallest absolute Gasteiger partial charge is 0.455 e. The summed E-state index contributed by atoms with van der Waals surface area (Å²) in [6.07, 6.45) is -8.76. The number of ether oxygens (including phenoxy) is 4. The number of hydrogen-bond acceptors (Lipinski definition) is 22. The second-order valence-corrected chi connectivity index (χ2v) is 21.1. The lowest BCUT2D eigenvalue weighted by Gasteiger charge is -2.28. The number of rotatable bonds is 20. The second kappa shape index (κ2) is 21.5. The van der Waals surface area contributed by atoms with Crippen molar-refractivity contribution in [2.75, 3.05) is 31.2 Å². The summed E-state index contributed by atoms with van der Waals surface area (Å²) in [5, 5.41) is 17.5. The van der Waals surface area contributed by atoms with E-state index in [9.17, 15) is 43.3 Å². The Morgan fingerprint density at radius 2 is 1.81 bits per heavy atom. The van der Waals surface area contributed by atoms with Crippen molar-refractivity contribution in [3.8, 4) is 0 Å². The SMILES string of the molecule is CC(C)SSC(CN=[N+]=[N-])CC(NC(=O)OC(C)(C)C)C(=O)O[C@H]1[C@@H](O)[C@H](n2cnc3c(N)ncnc32)O[C@@H]1COP(=O)(O)O[C@H]1CC(n2ccc(N)nc2=O)O[C@@H]1COP(=O)(O)O. The molecule has 2 aliphatic heterocycles. The Hall–Kier alpha value is -4.12. The molecule has 3 aromatic rings. The van der Waals surface area contributed by atoms with Crippen LogP contribution in [-0.4, -0.2) is 133 Å². The average molecular weight is 983 g/mol. The number of azide groups is 1. The van der Waals surface area contributed by atoms with Gasteiger partial charge in [-0.05, 0) is 38.8 Å². The molecule has 0 saturated carbocycles. The maximum atomic E-state index is 14.2. The first-order valence-electron chi connectivity index (χ1n) is 19.1. The van der Waals surface area contributed by atoms with Gasteiger partial charge in [0.15, 0.2) is 23.8 Å². The molecule has 5 heterocycles. The average Bonchev–Trinajstić information content (AvgIpc) is 3.88. The number of carbonyl (C=O) groups is 2. The Morgan fingerprint density at radius 3 is 2.47 bits per heavy atom. The zero-order chi connectivity index (χ0) is 47.1. The topological polar surface area (TPSA) is 405 Å². The number of esters is 1. The summed E-state index contributed by atoms with van der Waals surface area (Å²) in [7, 11) is -7.64. The molecule has 28 nitrogen and oxygen atoms in total. The minimum absolute atomic E-state index is 0.0162. The molecular formula is C32H48N12O16P2S2. The largest absolute Gasteiger partial charge is 0.472 e. The summed E-state index contributed by atoms with van der Waals surface area (Å²) in [6.45, 7) is 6.76. The second-order valence-electron chi connectivity index (χ2n) is 15.4. The van der Waals surface area contributed by atoms with Crippen molar-refractivity contribution in [3.05, 3.63) is 45.8 Å². The van der Waals surface area contributed by atoms with Gasteiger partial charge in [-0.1, -0.05) is 40.5 Å². The summed E-state index contributed by atoms with van der Waals surface area (Å²) in [5.74, 6) is -1.25. The number of imidazole rings is 1. The number of hydrogen-bond donors (Lipinski definition) is 7. The molecule has 64 heavy (non-hydrogen) atoms. The maximum Gasteiger partial charge on any atom is 0.472 e. The van der Waals surface area contributed by atoms with Crippen molar-refractivity contribution < 1.29 is 71.0 Å². The Labute approximate surface area is 371 Å². The first-order chi connectivity index (χ1) is 29.9. The number of nitrogen functional groups attached to an aromatic ring is 2. The summed E-state index contributed by atoms with van der Waals surface area (Å²) in [5.41, 5.74) is 18.9. The molecule has 0 spiro atoms. The van der Waals surface area contributed by atoms with Crippen molar-refractivity contribution in [1.82, 2.24) is 34.4 Å². The van der Waals surface area contributed by atoms with Crippen molar-refractivity contribution in [1.29, 1.82) is 0 Å². The third-order valence-corrected chi connectivity index (χ3v) is 13.8. The molecule has 2 saturated heterocycles. The minimum atomic E-state index is -5.27. The van der Waals surface area contributed by atoms with Gasteiger partial charge in [-0.15, -0.1) is 0 Å². The highest BCUT2D eigenvalue weighted by Crippen LogP contribution is 2.50. The monoisotopic (exact) mass is 982 g/mol. The van der Waals surface area contributed by atoms with E-state index in [0.717, 1.165) is 10.9 Å². The molecule has 2 aliphatic rings. The van der Waals surface area contributed by atoms with Crippen LogP contribution in [0.1, 0.15) is 59.9 Å².